The van der Waals surface area contributed by atoms with Crippen molar-refractivity contribution >= 4 is 11.7 Å². The number of hydrogen-bond acceptors (Lipinski definition) is 4. The van der Waals surface area contributed by atoms with Crippen molar-refractivity contribution in [2.75, 3.05) is 31.1 Å². The molecule has 6 heteroatoms. The topological polar surface area (TPSA) is 49.3 Å². The zero-order valence-corrected chi connectivity index (χ0v) is 22.7. The van der Waals surface area contributed by atoms with Gasteiger partial charge in [-0.2, -0.15) is 0 Å². The minimum Gasteiger partial charge on any atom is -0.353 e. The lowest BCUT2D eigenvalue weighted by molar-refractivity contribution is 0.0746. The standard InChI is InChI=1S/C33H35FN4O/c1-3-4-9-25-14-16-27(17-15-25)33(39)38-20-18-37(19-21-38)32-30(22-26-10-6-5-7-11-26)24(2)35-31(36-32)28-12-8-13-29(34)23-28/h5-8,10-17,23H,3-4,9,18-22H2,1-2H3. The van der Waals surface area contributed by atoms with E-state index >= 15 is 0 Å². The van der Waals surface area contributed by atoms with E-state index in [2.05, 4.69) is 36.1 Å². The third kappa shape index (κ3) is 6.33. The summed E-state index contributed by atoms with van der Waals surface area (Å²) in [6.45, 7) is 6.74. The third-order valence-corrected chi connectivity index (χ3v) is 7.38. The molecule has 0 radical (unpaired) electrons. The number of hydrogen-bond donors (Lipinski definition) is 0. The average molecular weight is 523 g/mol. The lowest BCUT2D eigenvalue weighted by atomic mass is 10.0. The minimum atomic E-state index is -0.311. The van der Waals surface area contributed by atoms with Gasteiger partial charge in [0.1, 0.15) is 11.6 Å². The number of rotatable bonds is 8. The molecule has 0 aliphatic carbocycles. The van der Waals surface area contributed by atoms with E-state index in [4.69, 9.17) is 9.97 Å². The smallest absolute Gasteiger partial charge is 0.253 e. The van der Waals surface area contributed by atoms with E-state index in [0.717, 1.165) is 41.9 Å². The van der Waals surface area contributed by atoms with Crippen molar-refractivity contribution in [2.45, 2.75) is 39.5 Å². The van der Waals surface area contributed by atoms with Crippen molar-refractivity contribution in [1.29, 1.82) is 0 Å². The third-order valence-electron chi connectivity index (χ3n) is 7.38. The van der Waals surface area contributed by atoms with Crippen LogP contribution in [0.5, 0.6) is 0 Å². The molecule has 5 nitrogen and oxygen atoms in total. The second kappa shape index (κ2) is 12.2. The summed E-state index contributed by atoms with van der Waals surface area (Å²) < 4.78 is 14.0. The summed E-state index contributed by atoms with van der Waals surface area (Å²) in [6, 6.07) is 24.8. The molecule has 1 amide bonds. The number of halogens is 1. The number of piperazine rings is 1. The van der Waals surface area contributed by atoms with Gasteiger partial charge in [0.25, 0.3) is 5.91 Å². The maximum atomic E-state index is 14.0. The molecule has 0 bridgehead atoms. The molecule has 0 saturated carbocycles. The van der Waals surface area contributed by atoms with E-state index in [9.17, 15) is 9.18 Å². The van der Waals surface area contributed by atoms with Gasteiger partial charge in [-0.05, 0) is 55.2 Å². The number of anilines is 1. The molecule has 4 aromatic rings. The lowest BCUT2D eigenvalue weighted by Crippen LogP contribution is -2.49. The minimum absolute atomic E-state index is 0.0699. The highest BCUT2D eigenvalue weighted by molar-refractivity contribution is 5.94. The first-order valence-corrected chi connectivity index (χ1v) is 13.8. The second-order valence-electron chi connectivity index (χ2n) is 10.2. The van der Waals surface area contributed by atoms with Gasteiger partial charge in [-0.15, -0.1) is 0 Å². The Morgan fingerprint density at radius 2 is 1.62 bits per heavy atom. The summed E-state index contributed by atoms with van der Waals surface area (Å²) in [7, 11) is 0. The summed E-state index contributed by atoms with van der Waals surface area (Å²) in [6.07, 6.45) is 4.07. The van der Waals surface area contributed by atoms with Gasteiger partial charge in [0.2, 0.25) is 0 Å². The molecule has 3 aromatic carbocycles. The SMILES string of the molecule is CCCCc1ccc(C(=O)N2CCN(c3nc(-c4cccc(F)c4)nc(C)c3Cc3ccccc3)CC2)cc1. The van der Waals surface area contributed by atoms with E-state index in [0.29, 0.717) is 44.0 Å². The summed E-state index contributed by atoms with van der Waals surface area (Å²) in [4.78, 5) is 27.2. The van der Waals surface area contributed by atoms with Crippen LogP contribution in [-0.4, -0.2) is 47.0 Å². The molecular weight excluding hydrogens is 487 g/mol. The Kier molecular flexibility index (Phi) is 8.30. The quantitative estimate of drug-likeness (QED) is 0.266. The Morgan fingerprint density at radius 1 is 0.872 bits per heavy atom. The van der Waals surface area contributed by atoms with Crippen LogP contribution in [0, 0.1) is 12.7 Å². The van der Waals surface area contributed by atoms with Crippen LogP contribution in [0.3, 0.4) is 0 Å². The average Bonchev–Trinajstić information content (AvgIpc) is 2.97. The van der Waals surface area contributed by atoms with Crippen molar-refractivity contribution in [3.8, 4) is 11.4 Å². The Bertz CT molecular complexity index is 1410. The molecular formula is C33H35FN4O. The number of unbranched alkanes of at least 4 members (excludes halogenated alkanes) is 1. The Morgan fingerprint density at radius 3 is 2.31 bits per heavy atom. The Labute approximate surface area is 230 Å². The van der Waals surface area contributed by atoms with Gasteiger partial charge >= 0.3 is 0 Å². The van der Waals surface area contributed by atoms with E-state index in [1.54, 1.807) is 6.07 Å². The second-order valence-corrected chi connectivity index (χ2v) is 10.2. The molecule has 1 saturated heterocycles. The molecule has 0 atom stereocenters. The fourth-order valence-corrected chi connectivity index (χ4v) is 5.10. The monoisotopic (exact) mass is 522 g/mol. The van der Waals surface area contributed by atoms with Gasteiger partial charge < -0.3 is 9.80 Å². The maximum absolute atomic E-state index is 14.0. The van der Waals surface area contributed by atoms with Gasteiger partial charge in [0.15, 0.2) is 5.82 Å². The van der Waals surface area contributed by atoms with E-state index < -0.39 is 0 Å². The first-order valence-electron chi connectivity index (χ1n) is 13.8. The van der Waals surface area contributed by atoms with E-state index in [-0.39, 0.29) is 11.7 Å². The summed E-state index contributed by atoms with van der Waals surface area (Å²) >= 11 is 0. The zero-order chi connectivity index (χ0) is 27.2. The highest BCUT2D eigenvalue weighted by atomic mass is 19.1. The number of carbonyl (C=O) groups excluding carboxylic acids is 1. The van der Waals surface area contributed by atoms with Crippen LogP contribution < -0.4 is 4.90 Å². The van der Waals surface area contributed by atoms with Crippen LogP contribution in [0.1, 0.15) is 52.5 Å². The van der Waals surface area contributed by atoms with Crippen LogP contribution >= 0.6 is 0 Å². The van der Waals surface area contributed by atoms with Gasteiger partial charge in [0, 0.05) is 55.0 Å². The number of carbonyl (C=O) groups is 1. The van der Waals surface area contributed by atoms with Crippen molar-refractivity contribution < 1.29 is 9.18 Å². The molecule has 1 aliphatic rings. The van der Waals surface area contributed by atoms with Crippen LogP contribution in [0.2, 0.25) is 0 Å². The van der Waals surface area contributed by atoms with Crippen LogP contribution in [0.15, 0.2) is 78.9 Å². The molecule has 200 valence electrons. The fourth-order valence-electron chi connectivity index (χ4n) is 5.10. The van der Waals surface area contributed by atoms with E-state index in [1.807, 2.05) is 48.2 Å². The first kappa shape index (κ1) is 26.5. The number of benzene rings is 3. The van der Waals surface area contributed by atoms with Crippen LogP contribution in [0.4, 0.5) is 10.2 Å². The molecule has 0 unspecified atom stereocenters. The predicted octanol–water partition coefficient (Wildman–Crippen LogP) is 6.49. The lowest BCUT2D eigenvalue weighted by Gasteiger charge is -2.36. The van der Waals surface area contributed by atoms with E-state index in [1.165, 1.54) is 23.3 Å². The van der Waals surface area contributed by atoms with Crippen LogP contribution in [0.25, 0.3) is 11.4 Å². The fraction of sp³-hybridized carbons (Fsp3) is 0.303. The van der Waals surface area contributed by atoms with Gasteiger partial charge in [-0.1, -0.05) is 67.9 Å². The number of amides is 1. The zero-order valence-electron chi connectivity index (χ0n) is 22.7. The Balaban J connectivity index is 1.37. The highest BCUT2D eigenvalue weighted by Gasteiger charge is 2.26. The number of aromatic nitrogens is 2. The molecule has 1 aliphatic heterocycles. The Hall–Kier alpha value is -4.06. The normalized spacial score (nSPS) is 13.5. The molecule has 1 aromatic heterocycles. The van der Waals surface area contributed by atoms with Crippen LogP contribution in [-0.2, 0) is 12.8 Å². The molecule has 0 N–H and O–H groups in total. The molecule has 1 fully saturated rings. The van der Waals surface area contributed by atoms with Gasteiger partial charge in [-0.3, -0.25) is 4.79 Å². The number of aryl methyl sites for hydroxylation is 2. The molecule has 2 heterocycles. The van der Waals surface area contributed by atoms with Gasteiger partial charge in [0.05, 0.1) is 0 Å². The van der Waals surface area contributed by atoms with Crippen molar-refractivity contribution in [2.24, 2.45) is 0 Å². The van der Waals surface area contributed by atoms with Gasteiger partial charge in [-0.25, -0.2) is 14.4 Å². The molecule has 5 rings (SSSR count). The largest absolute Gasteiger partial charge is 0.353 e. The summed E-state index contributed by atoms with van der Waals surface area (Å²) in [5.74, 6) is 1.13. The predicted molar refractivity (Wildman–Crippen MR) is 155 cm³/mol. The maximum Gasteiger partial charge on any atom is 0.253 e. The first-order chi connectivity index (χ1) is 19.0. The summed E-state index contributed by atoms with van der Waals surface area (Å²) in [5, 5.41) is 0. The van der Waals surface area contributed by atoms with Crippen molar-refractivity contribution in [1.82, 2.24) is 14.9 Å². The highest BCUT2D eigenvalue weighted by Crippen LogP contribution is 2.29. The summed E-state index contributed by atoms with van der Waals surface area (Å²) in [5.41, 5.74) is 5.78. The van der Waals surface area contributed by atoms with Crippen molar-refractivity contribution in [3.63, 3.8) is 0 Å². The number of nitrogens with zero attached hydrogens (tertiary/aromatic N) is 4. The molecule has 0 spiro atoms. The van der Waals surface area contributed by atoms with Crippen molar-refractivity contribution in [3.05, 3.63) is 113 Å². The molecule has 39 heavy (non-hydrogen) atoms.